The van der Waals surface area contributed by atoms with Gasteiger partial charge in [0.15, 0.2) is 0 Å². The van der Waals surface area contributed by atoms with Crippen molar-refractivity contribution in [1.82, 2.24) is 4.90 Å². The Kier molecular flexibility index (Phi) is 8.59. The highest BCUT2D eigenvalue weighted by molar-refractivity contribution is 9.10. The second-order valence-electron chi connectivity index (χ2n) is 5.19. The molecule has 0 aliphatic carbocycles. The number of halogens is 1. The van der Waals surface area contributed by atoms with Gasteiger partial charge >= 0.3 is 0 Å². The molecule has 0 unspecified atom stereocenters. The molecule has 0 bridgehead atoms. The summed E-state index contributed by atoms with van der Waals surface area (Å²) in [6, 6.07) is 7.70. The Bertz CT molecular complexity index is 396. The van der Waals surface area contributed by atoms with Crippen LogP contribution in [-0.2, 0) is 0 Å². The molecule has 0 N–H and O–H groups in total. The Balaban J connectivity index is 2.69. The van der Waals surface area contributed by atoms with Crippen LogP contribution >= 0.6 is 15.9 Å². The average molecular weight is 340 g/mol. The molecule has 0 aliphatic heterocycles. The summed E-state index contributed by atoms with van der Waals surface area (Å²) in [7, 11) is 0. The predicted molar refractivity (Wildman–Crippen MR) is 89.1 cm³/mol. The molecule has 0 fully saturated rings. The van der Waals surface area contributed by atoms with Gasteiger partial charge in [-0.05, 0) is 40.9 Å². The maximum Gasteiger partial charge on any atom is 0.254 e. The Labute approximate surface area is 131 Å². The summed E-state index contributed by atoms with van der Waals surface area (Å²) in [5.41, 5.74) is 0.778. The van der Waals surface area contributed by atoms with Gasteiger partial charge in [0.25, 0.3) is 5.91 Å². The Morgan fingerprint density at radius 1 is 1.00 bits per heavy atom. The van der Waals surface area contributed by atoms with E-state index in [-0.39, 0.29) is 5.91 Å². The van der Waals surface area contributed by atoms with Crippen molar-refractivity contribution in [2.75, 3.05) is 13.1 Å². The molecule has 1 rings (SSSR count). The number of unbranched alkanes of at least 4 members (excludes halogenated alkanes) is 4. The summed E-state index contributed by atoms with van der Waals surface area (Å²) in [4.78, 5) is 14.7. The van der Waals surface area contributed by atoms with Crippen LogP contribution in [0.2, 0.25) is 0 Å². The first kappa shape index (κ1) is 17.2. The third kappa shape index (κ3) is 5.66. The summed E-state index contributed by atoms with van der Waals surface area (Å²) < 4.78 is 0.890. The molecule has 112 valence electrons. The number of hydrogen-bond acceptors (Lipinski definition) is 1. The van der Waals surface area contributed by atoms with Gasteiger partial charge < -0.3 is 4.90 Å². The lowest BCUT2D eigenvalue weighted by molar-refractivity contribution is 0.0748. The van der Waals surface area contributed by atoms with Crippen LogP contribution in [0, 0.1) is 0 Å². The molecule has 1 aromatic rings. The van der Waals surface area contributed by atoms with Crippen LogP contribution in [0.4, 0.5) is 0 Å². The fourth-order valence-electron chi connectivity index (χ4n) is 2.23. The molecule has 2 nitrogen and oxygen atoms in total. The van der Waals surface area contributed by atoms with Crippen molar-refractivity contribution < 1.29 is 4.79 Å². The maximum absolute atomic E-state index is 12.6. The quantitative estimate of drug-likeness (QED) is 0.561. The van der Waals surface area contributed by atoms with Crippen molar-refractivity contribution in [1.29, 1.82) is 0 Å². The molecule has 0 saturated carbocycles. The second kappa shape index (κ2) is 9.98. The van der Waals surface area contributed by atoms with Gasteiger partial charge in [-0.2, -0.15) is 0 Å². The van der Waals surface area contributed by atoms with Crippen molar-refractivity contribution in [3.8, 4) is 0 Å². The molecule has 0 atom stereocenters. The smallest absolute Gasteiger partial charge is 0.254 e. The molecule has 0 aliphatic rings. The first-order valence-corrected chi connectivity index (χ1v) is 8.53. The van der Waals surface area contributed by atoms with E-state index in [1.54, 1.807) is 0 Å². The number of amides is 1. The van der Waals surface area contributed by atoms with Gasteiger partial charge in [0.1, 0.15) is 0 Å². The van der Waals surface area contributed by atoms with Crippen molar-refractivity contribution in [2.24, 2.45) is 0 Å². The van der Waals surface area contributed by atoms with Gasteiger partial charge in [-0.25, -0.2) is 0 Å². The Hall–Kier alpha value is -0.830. The molecule has 3 heteroatoms. The summed E-state index contributed by atoms with van der Waals surface area (Å²) in [6.45, 7) is 6.13. The van der Waals surface area contributed by atoms with E-state index >= 15 is 0 Å². The van der Waals surface area contributed by atoms with E-state index in [2.05, 4.69) is 29.8 Å². The normalized spacial score (nSPS) is 10.6. The Morgan fingerprint density at radius 3 is 2.05 bits per heavy atom. The molecule has 0 radical (unpaired) electrons. The minimum absolute atomic E-state index is 0.157. The second-order valence-corrected chi connectivity index (χ2v) is 6.04. The third-order valence-corrected chi connectivity index (χ3v) is 4.15. The largest absolute Gasteiger partial charge is 0.339 e. The molecule has 20 heavy (non-hydrogen) atoms. The van der Waals surface area contributed by atoms with Crippen LogP contribution in [0.5, 0.6) is 0 Å². The molecule has 0 heterocycles. The first-order valence-electron chi connectivity index (χ1n) is 7.74. The highest BCUT2D eigenvalue weighted by atomic mass is 79.9. The minimum atomic E-state index is 0.157. The van der Waals surface area contributed by atoms with E-state index in [9.17, 15) is 4.79 Å². The summed E-state index contributed by atoms with van der Waals surface area (Å²) in [6.07, 6.45) is 6.94. The Morgan fingerprint density at radius 2 is 1.55 bits per heavy atom. The van der Waals surface area contributed by atoms with E-state index in [1.165, 1.54) is 25.7 Å². The van der Waals surface area contributed by atoms with Crippen LogP contribution < -0.4 is 0 Å². The highest BCUT2D eigenvalue weighted by Gasteiger charge is 2.17. The van der Waals surface area contributed by atoms with Gasteiger partial charge in [-0.1, -0.05) is 51.7 Å². The fourth-order valence-corrected chi connectivity index (χ4v) is 2.68. The number of hydrogen-bond donors (Lipinski definition) is 0. The van der Waals surface area contributed by atoms with Gasteiger partial charge in [-0.3, -0.25) is 4.79 Å². The molecular weight excluding hydrogens is 314 g/mol. The summed E-state index contributed by atoms with van der Waals surface area (Å²) in [5, 5.41) is 0. The van der Waals surface area contributed by atoms with E-state index in [0.717, 1.165) is 36.0 Å². The van der Waals surface area contributed by atoms with Gasteiger partial charge in [0, 0.05) is 17.6 Å². The van der Waals surface area contributed by atoms with Crippen LogP contribution in [-0.4, -0.2) is 23.9 Å². The first-order chi connectivity index (χ1) is 9.70. The SMILES string of the molecule is CCCCCN(CCCCC)C(=O)c1ccccc1Br. The lowest BCUT2D eigenvalue weighted by Gasteiger charge is -2.23. The molecule has 1 amide bonds. The molecule has 0 saturated heterocycles. The third-order valence-electron chi connectivity index (χ3n) is 3.45. The zero-order chi connectivity index (χ0) is 14.8. The number of carbonyl (C=O) groups is 1. The number of nitrogens with zero attached hydrogens (tertiary/aromatic N) is 1. The molecular formula is C17H26BrNO. The fraction of sp³-hybridized carbons (Fsp3) is 0.588. The molecule has 0 aromatic heterocycles. The lowest BCUT2D eigenvalue weighted by atomic mass is 10.1. The van der Waals surface area contributed by atoms with Crippen LogP contribution in [0.3, 0.4) is 0 Å². The van der Waals surface area contributed by atoms with Gasteiger partial charge in [0.05, 0.1) is 5.56 Å². The van der Waals surface area contributed by atoms with Crippen molar-refractivity contribution >= 4 is 21.8 Å². The van der Waals surface area contributed by atoms with Gasteiger partial charge in [0.2, 0.25) is 0 Å². The molecule has 0 spiro atoms. The van der Waals surface area contributed by atoms with Crippen molar-refractivity contribution in [3.63, 3.8) is 0 Å². The van der Waals surface area contributed by atoms with Crippen molar-refractivity contribution in [3.05, 3.63) is 34.3 Å². The monoisotopic (exact) mass is 339 g/mol. The van der Waals surface area contributed by atoms with E-state index in [0.29, 0.717) is 0 Å². The van der Waals surface area contributed by atoms with Crippen molar-refractivity contribution in [2.45, 2.75) is 52.4 Å². The number of rotatable bonds is 9. The van der Waals surface area contributed by atoms with Crippen LogP contribution in [0.1, 0.15) is 62.7 Å². The van der Waals surface area contributed by atoms with E-state index in [1.807, 2.05) is 29.2 Å². The number of carbonyl (C=O) groups excluding carboxylic acids is 1. The predicted octanol–water partition coefficient (Wildman–Crippen LogP) is 5.27. The van der Waals surface area contributed by atoms with E-state index < -0.39 is 0 Å². The topological polar surface area (TPSA) is 20.3 Å². The standard InChI is InChI=1S/C17H26BrNO/c1-3-5-9-13-19(14-10-6-4-2)17(20)15-11-7-8-12-16(15)18/h7-8,11-12H,3-6,9-10,13-14H2,1-2H3. The maximum atomic E-state index is 12.6. The molecule has 1 aromatic carbocycles. The van der Waals surface area contributed by atoms with Gasteiger partial charge in [-0.15, -0.1) is 0 Å². The average Bonchev–Trinajstić information content (AvgIpc) is 2.46. The van der Waals surface area contributed by atoms with E-state index in [4.69, 9.17) is 0 Å². The summed E-state index contributed by atoms with van der Waals surface area (Å²) >= 11 is 3.48. The number of benzene rings is 1. The lowest BCUT2D eigenvalue weighted by Crippen LogP contribution is -2.33. The summed E-state index contributed by atoms with van der Waals surface area (Å²) in [5.74, 6) is 0.157. The van der Waals surface area contributed by atoms with Crippen LogP contribution in [0.25, 0.3) is 0 Å². The highest BCUT2D eigenvalue weighted by Crippen LogP contribution is 2.18. The zero-order valence-electron chi connectivity index (χ0n) is 12.7. The van der Waals surface area contributed by atoms with Crippen LogP contribution in [0.15, 0.2) is 28.7 Å². The zero-order valence-corrected chi connectivity index (χ0v) is 14.3. The minimum Gasteiger partial charge on any atom is -0.339 e.